The standard InChI is InChI=1S/C9H14I2O4/c10-7(11)5-6-15-9(14)4-2-1-3-8(12)13/h7H,1-6H2,(H,12,13). The van der Waals surface area contributed by atoms with Crippen molar-refractivity contribution in [3.63, 3.8) is 0 Å². The summed E-state index contributed by atoms with van der Waals surface area (Å²) in [5, 5.41) is 8.36. The molecule has 0 rings (SSSR count). The lowest BCUT2D eigenvalue weighted by atomic mass is 10.2. The molecule has 15 heavy (non-hydrogen) atoms. The predicted octanol–water partition coefficient (Wildman–Crippen LogP) is 2.76. The summed E-state index contributed by atoms with van der Waals surface area (Å²) in [7, 11) is 0. The quantitative estimate of drug-likeness (QED) is 0.273. The maximum absolute atomic E-state index is 11.1. The van der Waals surface area contributed by atoms with Crippen LogP contribution in [-0.2, 0) is 14.3 Å². The highest BCUT2D eigenvalue weighted by Gasteiger charge is 2.05. The number of carboxylic acid groups (broad SMARTS) is 1. The molecule has 0 aromatic rings. The van der Waals surface area contributed by atoms with Crippen molar-refractivity contribution in [2.45, 2.75) is 34.0 Å². The third-order valence-electron chi connectivity index (χ3n) is 1.62. The third kappa shape index (κ3) is 12.3. The van der Waals surface area contributed by atoms with Crippen molar-refractivity contribution in [2.24, 2.45) is 0 Å². The molecule has 0 aromatic heterocycles. The van der Waals surface area contributed by atoms with Gasteiger partial charge in [0.2, 0.25) is 0 Å². The number of alkyl halides is 2. The maximum Gasteiger partial charge on any atom is 0.305 e. The minimum atomic E-state index is -0.818. The summed E-state index contributed by atoms with van der Waals surface area (Å²) >= 11 is 4.52. The molecule has 0 aliphatic rings. The zero-order valence-electron chi connectivity index (χ0n) is 8.25. The van der Waals surface area contributed by atoms with Gasteiger partial charge in [0.25, 0.3) is 0 Å². The molecule has 0 amide bonds. The highest BCUT2D eigenvalue weighted by atomic mass is 127. The zero-order valence-corrected chi connectivity index (χ0v) is 12.6. The molecule has 0 saturated heterocycles. The van der Waals surface area contributed by atoms with Crippen LogP contribution in [0.1, 0.15) is 32.1 Å². The van der Waals surface area contributed by atoms with Gasteiger partial charge in [0, 0.05) is 19.3 Å². The Morgan fingerprint density at radius 2 is 1.80 bits per heavy atom. The molecule has 0 atom stereocenters. The Kier molecular flexibility index (Phi) is 9.87. The number of ether oxygens (including phenoxy) is 1. The molecule has 0 radical (unpaired) electrons. The molecule has 0 aliphatic carbocycles. The molecule has 0 bridgehead atoms. The summed E-state index contributed by atoms with van der Waals surface area (Å²) in [5.41, 5.74) is 0. The highest BCUT2D eigenvalue weighted by molar-refractivity contribution is 14.2. The fraction of sp³-hybridized carbons (Fsp3) is 0.778. The van der Waals surface area contributed by atoms with Crippen molar-refractivity contribution in [1.82, 2.24) is 0 Å². The molecule has 88 valence electrons. The fourth-order valence-electron chi connectivity index (χ4n) is 0.880. The average Bonchev–Trinajstić information content (AvgIpc) is 2.11. The van der Waals surface area contributed by atoms with Crippen molar-refractivity contribution in [2.75, 3.05) is 6.61 Å². The van der Waals surface area contributed by atoms with Gasteiger partial charge in [-0.2, -0.15) is 0 Å². The molecule has 0 unspecified atom stereocenters. The molecule has 0 heterocycles. The van der Waals surface area contributed by atoms with E-state index in [1.807, 2.05) is 0 Å². The summed E-state index contributed by atoms with van der Waals surface area (Å²) in [5.74, 6) is -1.05. The van der Waals surface area contributed by atoms with Gasteiger partial charge in [0.1, 0.15) is 0 Å². The normalized spacial score (nSPS) is 10.3. The van der Waals surface area contributed by atoms with Crippen LogP contribution in [0.5, 0.6) is 0 Å². The smallest absolute Gasteiger partial charge is 0.305 e. The molecule has 0 aliphatic heterocycles. The van der Waals surface area contributed by atoms with Crippen LogP contribution in [0, 0.1) is 0 Å². The number of hydrogen-bond acceptors (Lipinski definition) is 3. The number of hydrogen-bond donors (Lipinski definition) is 1. The molecule has 6 heteroatoms. The minimum Gasteiger partial charge on any atom is -0.481 e. The number of esters is 1. The van der Waals surface area contributed by atoms with E-state index in [-0.39, 0.29) is 12.4 Å². The van der Waals surface area contributed by atoms with Crippen LogP contribution in [0.15, 0.2) is 0 Å². The molecule has 0 saturated carbocycles. The lowest BCUT2D eigenvalue weighted by Crippen LogP contribution is -2.07. The average molecular weight is 440 g/mol. The number of unbranched alkanes of at least 4 members (excludes halogenated alkanes) is 1. The Labute approximate surface area is 116 Å². The van der Waals surface area contributed by atoms with Gasteiger partial charge in [-0.3, -0.25) is 9.59 Å². The van der Waals surface area contributed by atoms with Crippen molar-refractivity contribution < 1.29 is 19.4 Å². The van der Waals surface area contributed by atoms with Crippen LogP contribution < -0.4 is 0 Å². The van der Waals surface area contributed by atoms with E-state index in [2.05, 4.69) is 45.2 Å². The molecule has 0 aromatic carbocycles. The molecular weight excluding hydrogens is 426 g/mol. The van der Waals surface area contributed by atoms with Crippen LogP contribution in [-0.4, -0.2) is 25.6 Å². The molecule has 0 fully saturated rings. The second kappa shape index (κ2) is 9.61. The Morgan fingerprint density at radius 1 is 1.20 bits per heavy atom. The monoisotopic (exact) mass is 440 g/mol. The Morgan fingerprint density at radius 3 is 2.33 bits per heavy atom. The van der Waals surface area contributed by atoms with Crippen molar-refractivity contribution in [1.29, 1.82) is 0 Å². The number of aliphatic carboxylic acids is 1. The van der Waals surface area contributed by atoms with E-state index in [9.17, 15) is 9.59 Å². The van der Waals surface area contributed by atoms with E-state index < -0.39 is 5.97 Å². The number of carbonyl (C=O) groups is 2. The van der Waals surface area contributed by atoms with Crippen molar-refractivity contribution in [3.8, 4) is 0 Å². The van der Waals surface area contributed by atoms with Crippen LogP contribution in [0.4, 0.5) is 0 Å². The number of carbonyl (C=O) groups excluding carboxylic acids is 1. The summed E-state index contributed by atoms with van der Waals surface area (Å²) in [6.07, 6.45) is 2.41. The first kappa shape index (κ1) is 15.4. The van der Waals surface area contributed by atoms with Gasteiger partial charge in [-0.05, 0) is 12.8 Å². The number of halogens is 2. The zero-order chi connectivity index (χ0) is 11.7. The van der Waals surface area contributed by atoms with E-state index in [0.29, 0.717) is 27.8 Å². The predicted molar refractivity (Wildman–Crippen MR) is 73.5 cm³/mol. The Hall–Kier alpha value is 0.400. The first-order valence-corrected chi connectivity index (χ1v) is 7.17. The van der Waals surface area contributed by atoms with Gasteiger partial charge < -0.3 is 9.84 Å². The first-order valence-electron chi connectivity index (χ1n) is 4.68. The van der Waals surface area contributed by atoms with Crippen LogP contribution in [0.3, 0.4) is 0 Å². The van der Waals surface area contributed by atoms with Gasteiger partial charge in [-0.1, -0.05) is 45.2 Å². The first-order chi connectivity index (χ1) is 7.02. The third-order valence-corrected chi connectivity index (χ3v) is 2.87. The van der Waals surface area contributed by atoms with Gasteiger partial charge in [0.15, 0.2) is 0 Å². The van der Waals surface area contributed by atoms with E-state index in [0.717, 1.165) is 6.42 Å². The minimum absolute atomic E-state index is 0.122. The maximum atomic E-state index is 11.1. The number of carboxylic acids is 1. The summed E-state index contributed by atoms with van der Waals surface area (Å²) in [6.45, 7) is 0.453. The van der Waals surface area contributed by atoms with Gasteiger partial charge in [0.05, 0.1) is 8.54 Å². The van der Waals surface area contributed by atoms with E-state index >= 15 is 0 Å². The van der Waals surface area contributed by atoms with Gasteiger partial charge >= 0.3 is 11.9 Å². The van der Waals surface area contributed by atoms with Crippen LogP contribution in [0.25, 0.3) is 0 Å². The van der Waals surface area contributed by atoms with E-state index in [1.54, 1.807) is 0 Å². The van der Waals surface area contributed by atoms with Crippen molar-refractivity contribution >= 4 is 57.1 Å². The molecule has 4 nitrogen and oxygen atoms in total. The SMILES string of the molecule is O=C(O)CCCCC(=O)OCCC(I)I. The largest absolute Gasteiger partial charge is 0.481 e. The second-order valence-corrected chi connectivity index (χ2v) is 8.39. The lowest BCUT2D eigenvalue weighted by molar-refractivity contribution is -0.144. The summed E-state index contributed by atoms with van der Waals surface area (Å²) in [6, 6.07) is 0. The van der Waals surface area contributed by atoms with E-state index in [1.165, 1.54) is 0 Å². The topological polar surface area (TPSA) is 63.6 Å². The summed E-state index contributed by atoms with van der Waals surface area (Å²) < 4.78 is 5.44. The van der Waals surface area contributed by atoms with Crippen molar-refractivity contribution in [3.05, 3.63) is 0 Å². The van der Waals surface area contributed by atoms with E-state index in [4.69, 9.17) is 9.84 Å². The highest BCUT2D eigenvalue weighted by Crippen LogP contribution is 2.13. The van der Waals surface area contributed by atoms with Gasteiger partial charge in [-0.25, -0.2) is 0 Å². The second-order valence-electron chi connectivity index (χ2n) is 3.00. The molecule has 0 spiro atoms. The van der Waals surface area contributed by atoms with Gasteiger partial charge in [-0.15, -0.1) is 0 Å². The molecule has 1 N–H and O–H groups in total. The lowest BCUT2D eigenvalue weighted by Gasteiger charge is -2.04. The summed E-state index contributed by atoms with van der Waals surface area (Å²) in [4.78, 5) is 21.3. The number of rotatable bonds is 8. The Balaban J connectivity index is 3.30. The molecular formula is C9H14I2O4. The Bertz CT molecular complexity index is 206. The fourth-order valence-corrected chi connectivity index (χ4v) is 1.39. The van der Waals surface area contributed by atoms with Crippen LogP contribution >= 0.6 is 45.2 Å². The van der Waals surface area contributed by atoms with Crippen LogP contribution in [0.2, 0.25) is 0 Å².